The van der Waals surface area contributed by atoms with Crippen LogP contribution >= 0.6 is 0 Å². The highest BCUT2D eigenvalue weighted by molar-refractivity contribution is 5.99. The van der Waals surface area contributed by atoms with E-state index in [4.69, 9.17) is 9.72 Å². The summed E-state index contributed by atoms with van der Waals surface area (Å²) < 4.78 is 5.44. The summed E-state index contributed by atoms with van der Waals surface area (Å²) in [5.41, 5.74) is 4.13. The van der Waals surface area contributed by atoms with Crippen LogP contribution in [0.2, 0.25) is 0 Å². The summed E-state index contributed by atoms with van der Waals surface area (Å²) in [5, 5.41) is 5.61. The van der Waals surface area contributed by atoms with E-state index in [1.807, 2.05) is 49.5 Å². The second-order valence-electron chi connectivity index (χ2n) is 8.03. The zero-order valence-electron chi connectivity index (χ0n) is 18.8. The van der Waals surface area contributed by atoms with Gasteiger partial charge in [0, 0.05) is 48.2 Å². The van der Waals surface area contributed by atoms with Crippen molar-refractivity contribution in [3.05, 3.63) is 65.9 Å². The molecule has 8 nitrogen and oxygen atoms in total. The van der Waals surface area contributed by atoms with E-state index < -0.39 is 0 Å². The second-order valence-corrected chi connectivity index (χ2v) is 8.03. The molecule has 0 unspecified atom stereocenters. The van der Waals surface area contributed by atoms with Crippen LogP contribution in [0.15, 0.2) is 54.7 Å². The molecule has 1 fully saturated rings. The fraction of sp³-hybridized carbons (Fsp3) is 0.280. The predicted octanol–water partition coefficient (Wildman–Crippen LogP) is 4.06. The first kappa shape index (κ1) is 22.4. The van der Waals surface area contributed by atoms with Gasteiger partial charge >= 0.3 is 6.03 Å². The third-order valence-corrected chi connectivity index (χ3v) is 5.32. The summed E-state index contributed by atoms with van der Waals surface area (Å²) in [7, 11) is 0. The molecule has 0 radical (unpaired) electrons. The number of ketones is 1. The Morgan fingerprint density at radius 2 is 1.58 bits per heavy atom. The third-order valence-electron chi connectivity index (χ3n) is 5.32. The van der Waals surface area contributed by atoms with Crippen LogP contribution in [-0.2, 0) is 16.0 Å². The average Bonchev–Trinajstić information content (AvgIpc) is 2.81. The van der Waals surface area contributed by atoms with Crippen molar-refractivity contribution < 1.29 is 14.3 Å². The average molecular weight is 446 g/mol. The lowest BCUT2D eigenvalue weighted by atomic mass is 10.1. The zero-order valence-corrected chi connectivity index (χ0v) is 18.8. The number of carbonyl (C=O) groups is 2. The number of urea groups is 1. The number of nitrogens with one attached hydrogen (secondary N) is 2. The molecular weight excluding hydrogens is 418 g/mol. The molecule has 0 saturated carbocycles. The van der Waals surface area contributed by atoms with Gasteiger partial charge in [-0.1, -0.05) is 12.1 Å². The molecule has 2 amide bonds. The Bertz CT molecular complexity index is 1120. The smallest absolute Gasteiger partial charge is 0.323 e. The lowest BCUT2D eigenvalue weighted by Gasteiger charge is -2.29. The lowest BCUT2D eigenvalue weighted by Crippen LogP contribution is -2.37. The molecule has 0 bridgehead atoms. The number of hydrogen-bond acceptors (Lipinski definition) is 6. The van der Waals surface area contributed by atoms with E-state index >= 15 is 0 Å². The minimum atomic E-state index is -0.344. The van der Waals surface area contributed by atoms with E-state index in [0.717, 1.165) is 35.6 Å². The van der Waals surface area contributed by atoms with E-state index in [1.54, 1.807) is 19.1 Å². The maximum absolute atomic E-state index is 12.3. The van der Waals surface area contributed by atoms with Crippen LogP contribution in [0.25, 0.3) is 11.4 Å². The highest BCUT2D eigenvalue weighted by Gasteiger charge is 2.16. The number of carbonyl (C=O) groups excluding carboxylic acids is 2. The third kappa shape index (κ3) is 5.93. The van der Waals surface area contributed by atoms with E-state index in [2.05, 4.69) is 20.5 Å². The lowest BCUT2D eigenvalue weighted by molar-refractivity contribution is -0.116. The molecule has 8 heteroatoms. The Morgan fingerprint density at radius 1 is 0.970 bits per heavy atom. The highest BCUT2D eigenvalue weighted by atomic mass is 16.5. The summed E-state index contributed by atoms with van der Waals surface area (Å²) >= 11 is 0. The van der Waals surface area contributed by atoms with Gasteiger partial charge in [-0.3, -0.25) is 4.79 Å². The molecule has 1 aliphatic heterocycles. The molecule has 3 aromatic rings. The van der Waals surface area contributed by atoms with Crippen LogP contribution in [0.3, 0.4) is 0 Å². The predicted molar refractivity (Wildman–Crippen MR) is 129 cm³/mol. The Balaban J connectivity index is 1.39. The number of Topliss-reactive ketones (excluding diaryl/α,β-unsaturated/α-hetero) is 1. The molecule has 0 aliphatic carbocycles. The van der Waals surface area contributed by atoms with Gasteiger partial charge in [0.25, 0.3) is 0 Å². The number of nitrogens with zero attached hydrogens (tertiary/aromatic N) is 3. The van der Waals surface area contributed by atoms with E-state index in [1.165, 1.54) is 0 Å². The number of benzene rings is 2. The topological polar surface area (TPSA) is 96.5 Å². The maximum atomic E-state index is 12.3. The SMILES string of the molecule is CC(=O)Cc1ccc(NC(=O)Nc2ccc(-c3ncc(C)c(N4CCOCC4)n3)cc2)cc1. The molecule has 2 heterocycles. The van der Waals surface area contributed by atoms with Gasteiger partial charge in [0.05, 0.1) is 13.2 Å². The van der Waals surface area contributed by atoms with Crippen molar-refractivity contribution in [1.82, 2.24) is 9.97 Å². The Kier molecular flexibility index (Phi) is 6.95. The van der Waals surface area contributed by atoms with Gasteiger partial charge in [0.15, 0.2) is 5.82 Å². The quantitative estimate of drug-likeness (QED) is 0.594. The van der Waals surface area contributed by atoms with Gasteiger partial charge in [-0.25, -0.2) is 14.8 Å². The van der Waals surface area contributed by atoms with E-state index in [-0.39, 0.29) is 11.8 Å². The van der Waals surface area contributed by atoms with Crippen LogP contribution in [0.5, 0.6) is 0 Å². The zero-order chi connectivity index (χ0) is 23.2. The number of hydrogen-bond donors (Lipinski definition) is 2. The van der Waals surface area contributed by atoms with E-state index in [9.17, 15) is 9.59 Å². The van der Waals surface area contributed by atoms with Crippen molar-refractivity contribution in [3.8, 4) is 11.4 Å². The maximum Gasteiger partial charge on any atom is 0.323 e. The van der Waals surface area contributed by atoms with Crippen molar-refractivity contribution in [1.29, 1.82) is 0 Å². The monoisotopic (exact) mass is 445 g/mol. The summed E-state index contributed by atoms with van der Waals surface area (Å²) in [6.07, 6.45) is 2.23. The summed E-state index contributed by atoms with van der Waals surface area (Å²) in [6.45, 7) is 6.59. The summed E-state index contributed by atoms with van der Waals surface area (Å²) in [5.74, 6) is 1.67. The molecule has 1 saturated heterocycles. The normalized spacial score (nSPS) is 13.5. The molecule has 0 atom stereocenters. The van der Waals surface area contributed by atoms with Crippen LogP contribution in [0.4, 0.5) is 22.0 Å². The van der Waals surface area contributed by atoms with Crippen molar-refractivity contribution in [2.45, 2.75) is 20.3 Å². The van der Waals surface area contributed by atoms with Crippen LogP contribution in [0.1, 0.15) is 18.1 Å². The molecule has 33 heavy (non-hydrogen) atoms. The number of amides is 2. The van der Waals surface area contributed by atoms with Gasteiger partial charge in [0.1, 0.15) is 11.6 Å². The van der Waals surface area contributed by atoms with Crippen LogP contribution in [0, 0.1) is 6.92 Å². The van der Waals surface area contributed by atoms with Crippen molar-refractivity contribution in [3.63, 3.8) is 0 Å². The molecule has 4 rings (SSSR count). The number of anilines is 3. The van der Waals surface area contributed by atoms with Crippen molar-refractivity contribution >= 4 is 29.0 Å². The first-order chi connectivity index (χ1) is 16.0. The first-order valence-corrected chi connectivity index (χ1v) is 10.9. The van der Waals surface area contributed by atoms with Gasteiger partial charge < -0.3 is 20.3 Å². The van der Waals surface area contributed by atoms with Gasteiger partial charge in [0.2, 0.25) is 0 Å². The molecule has 1 aromatic heterocycles. The van der Waals surface area contributed by atoms with Gasteiger partial charge in [-0.2, -0.15) is 0 Å². The Hall–Kier alpha value is -3.78. The number of ether oxygens (including phenoxy) is 1. The van der Waals surface area contributed by atoms with Crippen molar-refractivity contribution in [2.24, 2.45) is 0 Å². The standard InChI is InChI=1S/C25H27N5O3/c1-17-16-26-23(29-24(17)30-11-13-33-14-12-30)20-5-9-22(10-6-20)28-25(32)27-21-7-3-19(4-8-21)15-18(2)31/h3-10,16H,11-15H2,1-2H3,(H2,27,28,32). The largest absolute Gasteiger partial charge is 0.378 e. The number of rotatable bonds is 6. The fourth-order valence-electron chi connectivity index (χ4n) is 3.66. The molecule has 2 aromatic carbocycles. The molecule has 170 valence electrons. The minimum absolute atomic E-state index is 0.102. The summed E-state index contributed by atoms with van der Waals surface area (Å²) in [6, 6.07) is 14.3. The van der Waals surface area contributed by atoms with Crippen LogP contribution < -0.4 is 15.5 Å². The number of aromatic nitrogens is 2. The molecule has 1 aliphatic rings. The van der Waals surface area contributed by atoms with E-state index in [0.29, 0.717) is 36.8 Å². The van der Waals surface area contributed by atoms with Gasteiger partial charge in [-0.15, -0.1) is 0 Å². The molecular formula is C25H27N5O3. The minimum Gasteiger partial charge on any atom is -0.378 e. The highest BCUT2D eigenvalue weighted by Crippen LogP contribution is 2.24. The number of aryl methyl sites for hydroxylation is 1. The van der Waals surface area contributed by atoms with Crippen molar-refractivity contribution in [2.75, 3.05) is 41.8 Å². The molecule has 2 N–H and O–H groups in total. The fourth-order valence-corrected chi connectivity index (χ4v) is 3.66. The van der Waals surface area contributed by atoms with Gasteiger partial charge in [-0.05, 0) is 55.8 Å². The Labute approximate surface area is 193 Å². The second kappa shape index (κ2) is 10.2. The summed E-state index contributed by atoms with van der Waals surface area (Å²) in [4.78, 5) is 35.0. The first-order valence-electron chi connectivity index (χ1n) is 10.9. The Morgan fingerprint density at radius 3 is 2.18 bits per heavy atom. The van der Waals surface area contributed by atoms with Crippen LogP contribution in [-0.4, -0.2) is 48.1 Å². The number of morpholine rings is 1. The molecule has 0 spiro atoms.